The highest BCUT2D eigenvalue weighted by molar-refractivity contribution is 5.75. The van der Waals surface area contributed by atoms with E-state index in [1.807, 2.05) is 0 Å². The number of rotatable bonds is 6. The van der Waals surface area contributed by atoms with Crippen molar-refractivity contribution in [1.29, 1.82) is 0 Å². The van der Waals surface area contributed by atoms with Crippen LogP contribution in [0.4, 0.5) is 0 Å². The Kier molecular flexibility index (Phi) is 4.84. The highest BCUT2D eigenvalue weighted by atomic mass is 16.5. The molecule has 3 rings (SSSR count). The monoisotopic (exact) mass is 337 g/mol. The molecule has 0 N–H and O–H groups in total. The van der Waals surface area contributed by atoms with Crippen molar-refractivity contribution in [3.63, 3.8) is 0 Å². The van der Waals surface area contributed by atoms with Crippen molar-refractivity contribution in [3.05, 3.63) is 54.4 Å². The topological polar surface area (TPSA) is 83.4 Å². The summed E-state index contributed by atoms with van der Waals surface area (Å²) in [5, 5.41) is 0. The molecule has 0 saturated heterocycles. The first kappa shape index (κ1) is 16.4. The molecule has 7 nitrogen and oxygen atoms in total. The van der Waals surface area contributed by atoms with E-state index in [9.17, 15) is 4.79 Å². The molecule has 2 heterocycles. The molecule has 0 saturated carbocycles. The van der Waals surface area contributed by atoms with Crippen LogP contribution in [0.15, 0.2) is 48.8 Å². The predicted molar refractivity (Wildman–Crippen MR) is 90.3 cm³/mol. The average Bonchev–Trinajstić information content (AvgIpc) is 2.68. The van der Waals surface area contributed by atoms with E-state index in [-0.39, 0.29) is 0 Å². The number of hydrogen-bond acceptors (Lipinski definition) is 7. The van der Waals surface area contributed by atoms with Gasteiger partial charge in [0, 0.05) is 24.0 Å². The van der Waals surface area contributed by atoms with E-state index in [2.05, 4.69) is 15.0 Å². The number of carbonyl (C=O) groups is 1. The minimum Gasteiger partial charge on any atom is -0.481 e. The zero-order valence-electron chi connectivity index (χ0n) is 13.7. The molecule has 0 bridgehead atoms. The van der Waals surface area contributed by atoms with Crippen LogP contribution in [-0.2, 0) is 0 Å². The van der Waals surface area contributed by atoms with Gasteiger partial charge >= 0.3 is 0 Å². The highest BCUT2D eigenvalue weighted by Crippen LogP contribution is 2.35. The summed E-state index contributed by atoms with van der Waals surface area (Å²) in [6.45, 7) is 0. The predicted octanol–water partition coefficient (Wildman–Crippen LogP) is 3.16. The smallest absolute Gasteiger partial charge is 0.246 e. The molecule has 0 aliphatic heterocycles. The Morgan fingerprint density at radius 3 is 2.32 bits per heavy atom. The first-order chi connectivity index (χ1) is 12.2. The summed E-state index contributed by atoms with van der Waals surface area (Å²) in [5.74, 6) is 1.61. The van der Waals surface area contributed by atoms with Crippen molar-refractivity contribution >= 4 is 6.29 Å². The van der Waals surface area contributed by atoms with Crippen LogP contribution in [0.3, 0.4) is 0 Å². The maximum atomic E-state index is 10.7. The van der Waals surface area contributed by atoms with Crippen LogP contribution < -0.4 is 14.2 Å². The first-order valence-electron chi connectivity index (χ1n) is 7.38. The van der Waals surface area contributed by atoms with Gasteiger partial charge in [0.05, 0.1) is 19.8 Å². The van der Waals surface area contributed by atoms with E-state index in [1.165, 1.54) is 20.4 Å². The van der Waals surface area contributed by atoms with E-state index in [4.69, 9.17) is 14.2 Å². The highest BCUT2D eigenvalue weighted by Gasteiger charge is 2.17. The summed E-state index contributed by atoms with van der Waals surface area (Å²) in [7, 11) is 3.04. The molecule has 25 heavy (non-hydrogen) atoms. The first-order valence-corrected chi connectivity index (χ1v) is 7.38. The van der Waals surface area contributed by atoms with E-state index >= 15 is 0 Å². The van der Waals surface area contributed by atoms with Gasteiger partial charge in [-0.2, -0.15) is 4.98 Å². The van der Waals surface area contributed by atoms with E-state index in [0.717, 1.165) is 6.29 Å². The SMILES string of the molecule is COc1ccc(-c2nccnc2Oc2ccc(C=O)cc2)c(OC)n1. The van der Waals surface area contributed by atoms with Gasteiger partial charge in [-0.3, -0.25) is 4.79 Å². The van der Waals surface area contributed by atoms with E-state index in [1.54, 1.807) is 42.6 Å². The zero-order chi connectivity index (χ0) is 17.6. The third-order valence-electron chi connectivity index (χ3n) is 3.39. The number of ether oxygens (including phenoxy) is 3. The van der Waals surface area contributed by atoms with Crippen LogP contribution in [0.2, 0.25) is 0 Å². The van der Waals surface area contributed by atoms with Crippen LogP contribution in [0, 0.1) is 0 Å². The maximum absolute atomic E-state index is 10.7. The van der Waals surface area contributed by atoms with Crippen molar-refractivity contribution < 1.29 is 19.0 Å². The summed E-state index contributed by atoms with van der Waals surface area (Å²) >= 11 is 0. The molecule has 0 atom stereocenters. The Balaban J connectivity index is 1.99. The number of aldehydes is 1. The second kappa shape index (κ2) is 7.39. The van der Waals surface area contributed by atoms with Gasteiger partial charge in [-0.05, 0) is 30.3 Å². The molecule has 2 aromatic heterocycles. The fraction of sp³-hybridized carbons (Fsp3) is 0.111. The van der Waals surface area contributed by atoms with Crippen LogP contribution in [-0.4, -0.2) is 35.5 Å². The molecule has 0 fully saturated rings. The van der Waals surface area contributed by atoms with Crippen LogP contribution >= 0.6 is 0 Å². The van der Waals surface area contributed by atoms with Crippen molar-refractivity contribution in [2.45, 2.75) is 0 Å². The van der Waals surface area contributed by atoms with Gasteiger partial charge in [-0.15, -0.1) is 0 Å². The van der Waals surface area contributed by atoms with Crippen LogP contribution in [0.1, 0.15) is 10.4 Å². The number of carbonyl (C=O) groups excluding carboxylic acids is 1. The van der Waals surface area contributed by atoms with Gasteiger partial charge in [0.2, 0.25) is 17.6 Å². The molecule has 1 aromatic carbocycles. The average molecular weight is 337 g/mol. The molecule has 0 radical (unpaired) electrons. The lowest BCUT2D eigenvalue weighted by molar-refractivity contribution is 0.112. The molecular formula is C18H15N3O4. The Morgan fingerprint density at radius 2 is 1.64 bits per heavy atom. The number of hydrogen-bond donors (Lipinski definition) is 0. The summed E-state index contributed by atoms with van der Waals surface area (Å²) in [6, 6.07) is 10.2. The number of nitrogens with zero attached hydrogens (tertiary/aromatic N) is 3. The number of aromatic nitrogens is 3. The lowest BCUT2D eigenvalue weighted by Crippen LogP contribution is -1.99. The standard InChI is InChI=1S/C18H15N3O4/c1-23-15-8-7-14(17(21-15)24-2)16-18(20-10-9-19-16)25-13-5-3-12(11-22)4-6-13/h3-11H,1-2H3. The zero-order valence-corrected chi connectivity index (χ0v) is 13.7. The van der Waals surface area contributed by atoms with Gasteiger partial charge < -0.3 is 14.2 Å². The summed E-state index contributed by atoms with van der Waals surface area (Å²) in [6.07, 6.45) is 3.86. The normalized spacial score (nSPS) is 10.2. The lowest BCUT2D eigenvalue weighted by Gasteiger charge is -2.12. The molecule has 7 heteroatoms. The number of pyridine rings is 1. The maximum Gasteiger partial charge on any atom is 0.246 e. The van der Waals surface area contributed by atoms with Gasteiger partial charge in [-0.25, -0.2) is 9.97 Å². The molecule has 0 aliphatic rings. The van der Waals surface area contributed by atoms with Gasteiger partial charge in [0.1, 0.15) is 17.7 Å². The Hall–Kier alpha value is -3.48. The van der Waals surface area contributed by atoms with Crippen LogP contribution in [0.5, 0.6) is 23.4 Å². The Labute approximate surface area is 144 Å². The second-order valence-electron chi connectivity index (χ2n) is 4.91. The fourth-order valence-electron chi connectivity index (χ4n) is 2.18. The molecule has 126 valence electrons. The van der Waals surface area contributed by atoms with E-state index in [0.29, 0.717) is 40.2 Å². The van der Waals surface area contributed by atoms with E-state index < -0.39 is 0 Å². The summed E-state index contributed by atoms with van der Waals surface area (Å²) < 4.78 is 16.2. The van der Waals surface area contributed by atoms with Crippen LogP contribution in [0.25, 0.3) is 11.3 Å². The third-order valence-corrected chi connectivity index (χ3v) is 3.39. The van der Waals surface area contributed by atoms with Gasteiger partial charge in [0.25, 0.3) is 0 Å². The number of methoxy groups -OCH3 is 2. The second-order valence-corrected chi connectivity index (χ2v) is 4.91. The molecular weight excluding hydrogens is 322 g/mol. The van der Waals surface area contributed by atoms with Crippen molar-refractivity contribution in [1.82, 2.24) is 15.0 Å². The fourth-order valence-corrected chi connectivity index (χ4v) is 2.18. The lowest BCUT2D eigenvalue weighted by atomic mass is 10.2. The quantitative estimate of drug-likeness (QED) is 0.639. The van der Waals surface area contributed by atoms with Gasteiger partial charge in [0.15, 0.2) is 0 Å². The Morgan fingerprint density at radius 1 is 0.880 bits per heavy atom. The van der Waals surface area contributed by atoms with Gasteiger partial charge in [-0.1, -0.05) is 0 Å². The molecule has 0 aliphatic carbocycles. The molecule has 0 amide bonds. The van der Waals surface area contributed by atoms with Crippen molar-refractivity contribution in [3.8, 4) is 34.6 Å². The molecule has 3 aromatic rings. The van der Waals surface area contributed by atoms with Crippen molar-refractivity contribution in [2.75, 3.05) is 14.2 Å². The molecule has 0 unspecified atom stereocenters. The summed E-state index contributed by atoms with van der Waals surface area (Å²) in [4.78, 5) is 23.6. The van der Waals surface area contributed by atoms with Crippen molar-refractivity contribution in [2.24, 2.45) is 0 Å². The molecule has 0 spiro atoms. The minimum absolute atomic E-state index is 0.298. The third kappa shape index (κ3) is 3.55. The minimum atomic E-state index is 0.298. The Bertz CT molecular complexity index is 882. The summed E-state index contributed by atoms with van der Waals surface area (Å²) in [5.41, 5.74) is 1.66. The number of benzene rings is 1. The largest absolute Gasteiger partial charge is 0.481 e.